The van der Waals surface area contributed by atoms with E-state index < -0.39 is 33.5 Å². The van der Waals surface area contributed by atoms with Crippen molar-refractivity contribution in [2.75, 3.05) is 5.75 Å². The molecule has 1 aromatic carbocycles. The number of carbonyl (C=O) groups excluding carboxylic acids is 2. The summed E-state index contributed by atoms with van der Waals surface area (Å²) in [6.45, 7) is 1.46. The number of sulfone groups is 1. The fourth-order valence-corrected chi connectivity index (χ4v) is 3.90. The normalized spacial score (nSPS) is 16.4. The molecule has 1 N–H and O–H groups in total. The van der Waals surface area contributed by atoms with Crippen molar-refractivity contribution < 1.29 is 27.1 Å². The SMILES string of the molecule is C[C@@H](OC(=O)CCS(=O)(=O)c1ccc(F)cc1)C(=O)NC1CCCC1. The lowest BCUT2D eigenvalue weighted by molar-refractivity contribution is -0.154. The van der Waals surface area contributed by atoms with Crippen LogP contribution in [-0.2, 0) is 24.2 Å². The first-order valence-electron chi connectivity index (χ1n) is 8.26. The van der Waals surface area contributed by atoms with Crippen LogP contribution >= 0.6 is 0 Å². The Morgan fingerprint density at radius 2 is 1.84 bits per heavy atom. The molecule has 1 amide bonds. The first-order valence-corrected chi connectivity index (χ1v) is 9.91. The molecule has 0 aromatic heterocycles. The number of ether oxygens (including phenoxy) is 1. The van der Waals surface area contributed by atoms with Crippen LogP contribution in [0.25, 0.3) is 0 Å². The second-order valence-electron chi connectivity index (χ2n) is 6.14. The van der Waals surface area contributed by atoms with Crippen molar-refractivity contribution in [1.82, 2.24) is 5.32 Å². The fourth-order valence-electron chi connectivity index (χ4n) is 2.68. The maximum absolute atomic E-state index is 12.8. The van der Waals surface area contributed by atoms with Crippen LogP contribution in [0.4, 0.5) is 4.39 Å². The molecule has 25 heavy (non-hydrogen) atoms. The largest absolute Gasteiger partial charge is 0.453 e. The van der Waals surface area contributed by atoms with Gasteiger partial charge < -0.3 is 10.1 Å². The zero-order valence-electron chi connectivity index (χ0n) is 14.0. The second kappa shape index (κ2) is 8.42. The quantitative estimate of drug-likeness (QED) is 0.585. The molecule has 138 valence electrons. The highest BCUT2D eigenvalue weighted by Gasteiger charge is 2.24. The smallest absolute Gasteiger partial charge is 0.307 e. The van der Waals surface area contributed by atoms with Crippen LogP contribution in [0, 0.1) is 5.82 Å². The maximum Gasteiger partial charge on any atom is 0.307 e. The summed E-state index contributed by atoms with van der Waals surface area (Å²) in [6, 6.07) is 4.50. The predicted molar refractivity (Wildman–Crippen MR) is 89.0 cm³/mol. The van der Waals surface area contributed by atoms with Crippen LogP contribution in [0.1, 0.15) is 39.0 Å². The third-order valence-corrected chi connectivity index (χ3v) is 5.86. The van der Waals surface area contributed by atoms with Crippen LogP contribution in [0.15, 0.2) is 29.2 Å². The van der Waals surface area contributed by atoms with Gasteiger partial charge in [-0.1, -0.05) is 12.8 Å². The fraction of sp³-hybridized carbons (Fsp3) is 0.529. The number of halogens is 1. The highest BCUT2D eigenvalue weighted by atomic mass is 32.2. The van der Waals surface area contributed by atoms with E-state index in [2.05, 4.69) is 5.32 Å². The number of carbonyl (C=O) groups is 2. The van der Waals surface area contributed by atoms with Gasteiger partial charge in [0.1, 0.15) is 5.82 Å². The van der Waals surface area contributed by atoms with Crippen molar-refractivity contribution in [3.8, 4) is 0 Å². The number of rotatable bonds is 7. The maximum atomic E-state index is 12.8. The summed E-state index contributed by atoms with van der Waals surface area (Å²) in [5.41, 5.74) is 0. The highest BCUT2D eigenvalue weighted by molar-refractivity contribution is 7.91. The average molecular weight is 371 g/mol. The number of hydrogen-bond donors (Lipinski definition) is 1. The van der Waals surface area contributed by atoms with Crippen LogP contribution in [0.5, 0.6) is 0 Å². The molecule has 0 aliphatic heterocycles. The molecule has 1 aromatic rings. The van der Waals surface area contributed by atoms with E-state index in [0.29, 0.717) is 0 Å². The third-order valence-electron chi connectivity index (χ3n) is 4.13. The van der Waals surface area contributed by atoms with E-state index in [4.69, 9.17) is 4.74 Å². The summed E-state index contributed by atoms with van der Waals surface area (Å²) in [6.07, 6.45) is 2.63. The monoisotopic (exact) mass is 371 g/mol. The zero-order chi connectivity index (χ0) is 18.4. The summed E-state index contributed by atoms with van der Waals surface area (Å²) < 4.78 is 42.0. The predicted octanol–water partition coefficient (Wildman–Crippen LogP) is 1.98. The molecule has 1 aliphatic carbocycles. The molecule has 0 unspecified atom stereocenters. The lowest BCUT2D eigenvalue weighted by atomic mass is 10.2. The second-order valence-corrected chi connectivity index (χ2v) is 8.25. The van der Waals surface area contributed by atoms with Crippen LogP contribution in [0.2, 0.25) is 0 Å². The highest BCUT2D eigenvalue weighted by Crippen LogP contribution is 2.18. The molecule has 6 nitrogen and oxygen atoms in total. The molecule has 2 rings (SSSR count). The molecule has 1 atom stereocenters. The molecular weight excluding hydrogens is 349 g/mol. The molecule has 0 saturated heterocycles. The van der Waals surface area contributed by atoms with Crippen molar-refractivity contribution in [3.05, 3.63) is 30.1 Å². The van der Waals surface area contributed by atoms with Gasteiger partial charge in [-0.2, -0.15) is 0 Å². The Morgan fingerprint density at radius 1 is 1.24 bits per heavy atom. The topological polar surface area (TPSA) is 89.5 Å². The minimum absolute atomic E-state index is 0.0614. The average Bonchev–Trinajstić information content (AvgIpc) is 3.06. The molecule has 1 fully saturated rings. The lowest BCUT2D eigenvalue weighted by Gasteiger charge is -2.17. The van der Waals surface area contributed by atoms with Gasteiger partial charge >= 0.3 is 5.97 Å². The van der Waals surface area contributed by atoms with E-state index in [-0.39, 0.29) is 23.3 Å². The molecule has 0 radical (unpaired) electrons. The summed E-state index contributed by atoms with van der Waals surface area (Å²) in [4.78, 5) is 23.7. The van der Waals surface area contributed by atoms with Crippen LogP contribution in [-0.4, -0.2) is 38.2 Å². The molecule has 0 spiro atoms. The van der Waals surface area contributed by atoms with E-state index >= 15 is 0 Å². The number of nitrogens with one attached hydrogen (secondary N) is 1. The first kappa shape index (κ1) is 19.4. The van der Waals surface area contributed by atoms with Crippen molar-refractivity contribution in [1.29, 1.82) is 0 Å². The Morgan fingerprint density at radius 3 is 2.44 bits per heavy atom. The number of esters is 1. The van der Waals surface area contributed by atoms with Gasteiger partial charge in [-0.05, 0) is 44.0 Å². The third kappa shape index (κ3) is 5.81. The van der Waals surface area contributed by atoms with Gasteiger partial charge in [-0.25, -0.2) is 12.8 Å². The number of hydrogen-bond acceptors (Lipinski definition) is 5. The number of amides is 1. The molecule has 0 heterocycles. The summed E-state index contributed by atoms with van der Waals surface area (Å²) in [5, 5.41) is 2.82. The Bertz CT molecular complexity index is 711. The molecule has 0 bridgehead atoms. The van der Waals surface area contributed by atoms with Gasteiger partial charge in [-0.15, -0.1) is 0 Å². The Labute approximate surface area is 146 Å². The summed E-state index contributed by atoms with van der Waals surface area (Å²) in [7, 11) is -3.71. The van der Waals surface area contributed by atoms with Crippen molar-refractivity contribution in [2.45, 2.75) is 56.1 Å². The van der Waals surface area contributed by atoms with Crippen molar-refractivity contribution in [2.24, 2.45) is 0 Å². The van der Waals surface area contributed by atoms with E-state index in [1.807, 2.05) is 0 Å². The standard InChI is InChI=1S/C17H22FNO5S/c1-12(17(21)19-14-4-2-3-5-14)24-16(20)10-11-25(22,23)15-8-6-13(18)7-9-15/h6-9,12,14H,2-5,10-11H2,1H3,(H,19,21)/t12-/m1/s1. The minimum Gasteiger partial charge on any atom is -0.453 e. The van der Waals surface area contributed by atoms with Gasteiger partial charge in [0.05, 0.1) is 17.1 Å². The Balaban J connectivity index is 1.80. The first-order chi connectivity index (χ1) is 11.8. The Kier molecular flexibility index (Phi) is 6.52. The van der Waals surface area contributed by atoms with E-state index in [0.717, 1.165) is 49.9 Å². The Hall–Kier alpha value is -1.96. The van der Waals surface area contributed by atoms with Crippen molar-refractivity contribution in [3.63, 3.8) is 0 Å². The summed E-state index contributed by atoms with van der Waals surface area (Å²) in [5.74, 6) is -2.14. The van der Waals surface area contributed by atoms with Gasteiger partial charge in [0.2, 0.25) is 0 Å². The van der Waals surface area contributed by atoms with Gasteiger partial charge in [0.25, 0.3) is 5.91 Å². The van der Waals surface area contributed by atoms with Gasteiger partial charge in [0.15, 0.2) is 15.9 Å². The summed E-state index contributed by atoms with van der Waals surface area (Å²) >= 11 is 0. The van der Waals surface area contributed by atoms with E-state index in [1.165, 1.54) is 6.92 Å². The zero-order valence-corrected chi connectivity index (χ0v) is 14.9. The van der Waals surface area contributed by atoms with Gasteiger partial charge in [-0.3, -0.25) is 9.59 Å². The molecule has 1 saturated carbocycles. The number of benzene rings is 1. The van der Waals surface area contributed by atoms with E-state index in [1.54, 1.807) is 0 Å². The van der Waals surface area contributed by atoms with E-state index in [9.17, 15) is 22.4 Å². The van der Waals surface area contributed by atoms with Crippen molar-refractivity contribution >= 4 is 21.7 Å². The van der Waals surface area contributed by atoms with Crippen LogP contribution in [0.3, 0.4) is 0 Å². The molecule has 1 aliphatic rings. The van der Waals surface area contributed by atoms with Crippen LogP contribution < -0.4 is 5.32 Å². The lowest BCUT2D eigenvalue weighted by Crippen LogP contribution is -2.41. The molecular formula is C17H22FNO5S. The minimum atomic E-state index is -3.71. The molecule has 8 heteroatoms. The van der Waals surface area contributed by atoms with Gasteiger partial charge in [0, 0.05) is 6.04 Å².